The standard InChI is InChI=1S/C11H19NO/c1-8(2)11(13)12-7-9-5-3-4-6-10(9)12/h8-10H,3-7H2,1-2H3/t9-,10-/m1/s1. The van der Waals surface area contributed by atoms with E-state index in [1.54, 1.807) is 0 Å². The Kier molecular flexibility index (Phi) is 2.31. The first-order chi connectivity index (χ1) is 6.20. The zero-order valence-corrected chi connectivity index (χ0v) is 8.62. The zero-order chi connectivity index (χ0) is 9.42. The Morgan fingerprint density at radius 2 is 2.00 bits per heavy atom. The predicted molar refractivity (Wildman–Crippen MR) is 52.3 cm³/mol. The monoisotopic (exact) mass is 181 g/mol. The highest BCUT2D eigenvalue weighted by Gasteiger charge is 2.42. The van der Waals surface area contributed by atoms with E-state index in [9.17, 15) is 4.79 Å². The second-order valence-corrected chi connectivity index (χ2v) is 4.76. The lowest BCUT2D eigenvalue weighted by atomic mass is 9.76. The molecule has 0 unspecified atom stereocenters. The Labute approximate surface area is 80.3 Å². The predicted octanol–water partition coefficient (Wildman–Crippen LogP) is 2.04. The van der Waals surface area contributed by atoms with Crippen molar-refractivity contribution in [3.05, 3.63) is 0 Å². The van der Waals surface area contributed by atoms with E-state index in [1.807, 2.05) is 13.8 Å². The highest BCUT2D eigenvalue weighted by atomic mass is 16.2. The zero-order valence-electron chi connectivity index (χ0n) is 8.62. The molecule has 0 aromatic rings. The second kappa shape index (κ2) is 3.32. The molecule has 1 aliphatic carbocycles. The fourth-order valence-electron chi connectivity index (χ4n) is 2.65. The topological polar surface area (TPSA) is 20.3 Å². The molecule has 1 saturated carbocycles. The molecule has 13 heavy (non-hydrogen) atoms. The molecular weight excluding hydrogens is 162 g/mol. The summed E-state index contributed by atoms with van der Waals surface area (Å²) in [5.74, 6) is 1.39. The van der Waals surface area contributed by atoms with Gasteiger partial charge in [-0.1, -0.05) is 26.7 Å². The van der Waals surface area contributed by atoms with Crippen LogP contribution in [0.4, 0.5) is 0 Å². The Balaban J connectivity index is 1.94. The molecule has 74 valence electrons. The van der Waals surface area contributed by atoms with Crippen molar-refractivity contribution in [2.45, 2.75) is 45.6 Å². The molecule has 2 atom stereocenters. The highest BCUT2D eigenvalue weighted by Crippen LogP contribution is 2.37. The number of carbonyl (C=O) groups is 1. The van der Waals surface area contributed by atoms with Crippen molar-refractivity contribution in [1.29, 1.82) is 0 Å². The molecule has 1 saturated heterocycles. The van der Waals surface area contributed by atoms with Gasteiger partial charge in [0.15, 0.2) is 0 Å². The number of carbonyl (C=O) groups excluding carboxylic acids is 1. The minimum Gasteiger partial charge on any atom is -0.339 e. The van der Waals surface area contributed by atoms with Crippen LogP contribution in [0.2, 0.25) is 0 Å². The number of nitrogens with zero attached hydrogens (tertiary/aromatic N) is 1. The van der Waals surface area contributed by atoms with Gasteiger partial charge in [-0.2, -0.15) is 0 Å². The second-order valence-electron chi connectivity index (χ2n) is 4.76. The molecule has 1 heterocycles. The summed E-state index contributed by atoms with van der Waals surface area (Å²) in [6.07, 6.45) is 5.31. The average Bonchev–Trinajstić information content (AvgIpc) is 2.06. The fraction of sp³-hybridized carbons (Fsp3) is 0.909. The van der Waals surface area contributed by atoms with E-state index in [0.717, 1.165) is 12.5 Å². The third-order valence-electron chi connectivity index (χ3n) is 3.48. The van der Waals surface area contributed by atoms with Crippen LogP contribution in [0.1, 0.15) is 39.5 Å². The summed E-state index contributed by atoms with van der Waals surface area (Å²) in [7, 11) is 0. The number of amides is 1. The smallest absolute Gasteiger partial charge is 0.225 e. The largest absolute Gasteiger partial charge is 0.339 e. The van der Waals surface area contributed by atoms with Gasteiger partial charge in [0.1, 0.15) is 0 Å². The molecule has 0 N–H and O–H groups in total. The SMILES string of the molecule is CC(C)C(=O)N1C[C@H]2CCCC[C@H]21. The molecule has 0 spiro atoms. The quantitative estimate of drug-likeness (QED) is 0.606. The third-order valence-corrected chi connectivity index (χ3v) is 3.48. The number of fused-ring (bicyclic) bond motifs is 1. The molecule has 1 amide bonds. The van der Waals surface area contributed by atoms with E-state index in [2.05, 4.69) is 4.90 Å². The molecule has 2 fully saturated rings. The van der Waals surface area contributed by atoms with Gasteiger partial charge in [0.05, 0.1) is 0 Å². The van der Waals surface area contributed by atoms with Crippen molar-refractivity contribution in [1.82, 2.24) is 4.90 Å². The van der Waals surface area contributed by atoms with Crippen LogP contribution < -0.4 is 0 Å². The normalized spacial score (nSPS) is 32.7. The van der Waals surface area contributed by atoms with Crippen LogP contribution in [0.5, 0.6) is 0 Å². The first kappa shape index (κ1) is 9.04. The summed E-state index contributed by atoms with van der Waals surface area (Å²) in [4.78, 5) is 13.8. The van der Waals surface area contributed by atoms with Crippen LogP contribution in [0.3, 0.4) is 0 Å². The number of likely N-dealkylation sites (tertiary alicyclic amines) is 1. The Morgan fingerprint density at radius 3 is 2.62 bits per heavy atom. The van der Waals surface area contributed by atoms with Crippen LogP contribution in [-0.4, -0.2) is 23.4 Å². The minimum atomic E-state index is 0.183. The molecule has 2 rings (SSSR count). The van der Waals surface area contributed by atoms with Gasteiger partial charge < -0.3 is 4.90 Å². The average molecular weight is 181 g/mol. The van der Waals surface area contributed by atoms with Crippen molar-refractivity contribution in [3.63, 3.8) is 0 Å². The van der Waals surface area contributed by atoms with Crippen LogP contribution >= 0.6 is 0 Å². The maximum atomic E-state index is 11.7. The van der Waals surface area contributed by atoms with Crippen molar-refractivity contribution in [2.75, 3.05) is 6.54 Å². The lowest BCUT2D eigenvalue weighted by Gasteiger charge is -2.51. The summed E-state index contributed by atoms with van der Waals surface area (Å²) < 4.78 is 0. The van der Waals surface area contributed by atoms with Gasteiger partial charge >= 0.3 is 0 Å². The number of hydrogen-bond donors (Lipinski definition) is 0. The van der Waals surface area contributed by atoms with E-state index >= 15 is 0 Å². The van der Waals surface area contributed by atoms with Crippen molar-refractivity contribution in [3.8, 4) is 0 Å². The van der Waals surface area contributed by atoms with Crippen molar-refractivity contribution >= 4 is 5.91 Å². The van der Waals surface area contributed by atoms with Crippen LogP contribution in [0.25, 0.3) is 0 Å². The molecule has 2 nitrogen and oxygen atoms in total. The summed E-state index contributed by atoms with van der Waals surface area (Å²) in [6.45, 7) is 5.04. The molecule has 0 aromatic heterocycles. The molecular formula is C11H19NO. The fourth-order valence-corrected chi connectivity index (χ4v) is 2.65. The van der Waals surface area contributed by atoms with E-state index in [-0.39, 0.29) is 5.92 Å². The molecule has 0 radical (unpaired) electrons. The van der Waals surface area contributed by atoms with E-state index in [0.29, 0.717) is 11.9 Å². The molecule has 2 aliphatic rings. The molecule has 1 aliphatic heterocycles. The third kappa shape index (κ3) is 1.47. The Morgan fingerprint density at radius 1 is 1.31 bits per heavy atom. The van der Waals surface area contributed by atoms with Crippen molar-refractivity contribution in [2.24, 2.45) is 11.8 Å². The maximum absolute atomic E-state index is 11.7. The number of hydrogen-bond acceptors (Lipinski definition) is 1. The van der Waals surface area contributed by atoms with Gasteiger partial charge in [-0.15, -0.1) is 0 Å². The van der Waals surface area contributed by atoms with Gasteiger partial charge in [0.2, 0.25) is 5.91 Å². The summed E-state index contributed by atoms with van der Waals surface area (Å²) in [6, 6.07) is 0.614. The van der Waals surface area contributed by atoms with Gasteiger partial charge in [0.25, 0.3) is 0 Å². The van der Waals surface area contributed by atoms with Gasteiger partial charge in [-0.05, 0) is 18.8 Å². The first-order valence-corrected chi connectivity index (χ1v) is 5.50. The van der Waals surface area contributed by atoms with Crippen LogP contribution in [-0.2, 0) is 4.79 Å². The summed E-state index contributed by atoms with van der Waals surface area (Å²) in [5.41, 5.74) is 0. The first-order valence-electron chi connectivity index (χ1n) is 5.50. The van der Waals surface area contributed by atoms with Crippen molar-refractivity contribution < 1.29 is 4.79 Å². The maximum Gasteiger partial charge on any atom is 0.225 e. The van der Waals surface area contributed by atoms with E-state index in [4.69, 9.17) is 0 Å². The highest BCUT2D eigenvalue weighted by molar-refractivity contribution is 5.79. The summed E-state index contributed by atoms with van der Waals surface area (Å²) in [5, 5.41) is 0. The Hall–Kier alpha value is -0.530. The lowest BCUT2D eigenvalue weighted by molar-refractivity contribution is -0.149. The summed E-state index contributed by atoms with van der Waals surface area (Å²) >= 11 is 0. The Bertz CT molecular complexity index is 212. The molecule has 0 aromatic carbocycles. The van der Waals surface area contributed by atoms with Gasteiger partial charge in [-0.3, -0.25) is 4.79 Å². The lowest BCUT2D eigenvalue weighted by Crippen LogP contribution is -2.60. The van der Waals surface area contributed by atoms with Crippen LogP contribution in [0.15, 0.2) is 0 Å². The van der Waals surface area contributed by atoms with Gasteiger partial charge in [-0.25, -0.2) is 0 Å². The van der Waals surface area contributed by atoms with Crippen LogP contribution in [0, 0.1) is 11.8 Å². The molecule has 2 heteroatoms. The molecule has 0 bridgehead atoms. The van der Waals surface area contributed by atoms with E-state index in [1.165, 1.54) is 25.7 Å². The van der Waals surface area contributed by atoms with Gasteiger partial charge in [0, 0.05) is 18.5 Å². The number of rotatable bonds is 1. The minimum absolute atomic E-state index is 0.183. The van der Waals surface area contributed by atoms with E-state index < -0.39 is 0 Å².